The summed E-state index contributed by atoms with van der Waals surface area (Å²) in [4.78, 5) is 38.6. The average Bonchev–Trinajstić information content (AvgIpc) is 2.92. The van der Waals surface area contributed by atoms with Crippen LogP contribution in [0.5, 0.6) is 0 Å². The van der Waals surface area contributed by atoms with E-state index in [2.05, 4.69) is 10.6 Å². The SMILES string of the molecule is COCCN1C(=O)C(Nc2ccc(C)cc2C)=C(c2ccc(NC(C)=O)cc2)C1=O. The topological polar surface area (TPSA) is 87.7 Å². The van der Waals surface area contributed by atoms with Gasteiger partial charge in [-0.15, -0.1) is 0 Å². The first kappa shape index (κ1) is 21.3. The van der Waals surface area contributed by atoms with Gasteiger partial charge in [0.1, 0.15) is 5.70 Å². The Morgan fingerprint density at radius 3 is 2.33 bits per heavy atom. The lowest BCUT2D eigenvalue weighted by atomic mass is 10.0. The van der Waals surface area contributed by atoms with Crippen molar-refractivity contribution >= 4 is 34.7 Å². The van der Waals surface area contributed by atoms with Gasteiger partial charge in [0, 0.05) is 25.4 Å². The van der Waals surface area contributed by atoms with E-state index in [1.807, 2.05) is 32.0 Å². The summed E-state index contributed by atoms with van der Waals surface area (Å²) in [6, 6.07) is 12.7. The molecule has 1 aliphatic heterocycles. The van der Waals surface area contributed by atoms with Crippen LogP contribution in [0.2, 0.25) is 0 Å². The van der Waals surface area contributed by atoms with Crippen LogP contribution in [0.25, 0.3) is 5.57 Å². The maximum absolute atomic E-state index is 13.1. The molecule has 2 N–H and O–H groups in total. The number of carbonyl (C=O) groups excluding carboxylic acids is 3. The molecule has 7 nitrogen and oxygen atoms in total. The highest BCUT2D eigenvalue weighted by atomic mass is 16.5. The van der Waals surface area contributed by atoms with Gasteiger partial charge in [-0.2, -0.15) is 0 Å². The van der Waals surface area contributed by atoms with E-state index in [0.717, 1.165) is 16.8 Å². The number of hydrogen-bond acceptors (Lipinski definition) is 5. The summed E-state index contributed by atoms with van der Waals surface area (Å²) in [5.41, 5.74) is 4.58. The van der Waals surface area contributed by atoms with Crippen molar-refractivity contribution in [2.45, 2.75) is 20.8 Å². The van der Waals surface area contributed by atoms with Crippen molar-refractivity contribution in [3.63, 3.8) is 0 Å². The van der Waals surface area contributed by atoms with Crippen molar-refractivity contribution in [2.75, 3.05) is 30.9 Å². The molecule has 1 heterocycles. The van der Waals surface area contributed by atoms with Gasteiger partial charge < -0.3 is 15.4 Å². The molecule has 3 amide bonds. The van der Waals surface area contributed by atoms with Crippen molar-refractivity contribution < 1.29 is 19.1 Å². The largest absolute Gasteiger partial charge is 0.383 e. The van der Waals surface area contributed by atoms with E-state index in [9.17, 15) is 14.4 Å². The zero-order valence-electron chi connectivity index (χ0n) is 17.5. The smallest absolute Gasteiger partial charge is 0.278 e. The van der Waals surface area contributed by atoms with Crippen LogP contribution in [0.3, 0.4) is 0 Å². The third-order valence-corrected chi connectivity index (χ3v) is 4.82. The second-order valence-electron chi connectivity index (χ2n) is 7.21. The minimum Gasteiger partial charge on any atom is -0.383 e. The van der Waals surface area contributed by atoms with Crippen molar-refractivity contribution in [1.82, 2.24) is 4.90 Å². The van der Waals surface area contributed by atoms with Crippen LogP contribution in [-0.4, -0.2) is 42.9 Å². The molecule has 2 aromatic carbocycles. The maximum atomic E-state index is 13.1. The van der Waals surface area contributed by atoms with Gasteiger partial charge in [-0.25, -0.2) is 0 Å². The predicted octanol–water partition coefficient (Wildman–Crippen LogP) is 3.10. The Hall–Kier alpha value is -3.45. The van der Waals surface area contributed by atoms with Crippen molar-refractivity contribution in [3.8, 4) is 0 Å². The summed E-state index contributed by atoms with van der Waals surface area (Å²) in [6.45, 7) is 5.79. The van der Waals surface area contributed by atoms with E-state index in [-0.39, 0.29) is 30.7 Å². The van der Waals surface area contributed by atoms with Crippen LogP contribution in [0.4, 0.5) is 11.4 Å². The minimum atomic E-state index is -0.391. The van der Waals surface area contributed by atoms with E-state index in [1.165, 1.54) is 18.9 Å². The van der Waals surface area contributed by atoms with Gasteiger partial charge in [-0.3, -0.25) is 19.3 Å². The first-order valence-electron chi connectivity index (χ1n) is 9.63. The highest BCUT2D eigenvalue weighted by molar-refractivity contribution is 6.36. The monoisotopic (exact) mass is 407 g/mol. The minimum absolute atomic E-state index is 0.166. The molecule has 0 aliphatic carbocycles. The molecule has 156 valence electrons. The number of carbonyl (C=O) groups is 3. The fourth-order valence-corrected chi connectivity index (χ4v) is 3.36. The lowest BCUT2D eigenvalue weighted by Gasteiger charge is -2.15. The molecule has 0 aromatic heterocycles. The van der Waals surface area contributed by atoms with E-state index in [4.69, 9.17) is 4.74 Å². The fraction of sp³-hybridized carbons (Fsp3) is 0.261. The summed E-state index contributed by atoms with van der Waals surface area (Å²) in [5, 5.41) is 5.87. The van der Waals surface area contributed by atoms with Gasteiger partial charge in [0.15, 0.2) is 0 Å². The molecule has 0 spiro atoms. The molecule has 1 aliphatic rings. The Balaban J connectivity index is 2.02. The van der Waals surface area contributed by atoms with Crippen molar-refractivity contribution in [3.05, 3.63) is 64.9 Å². The first-order valence-corrected chi connectivity index (χ1v) is 9.63. The Morgan fingerprint density at radius 2 is 1.73 bits per heavy atom. The van der Waals surface area contributed by atoms with Crippen LogP contribution in [0, 0.1) is 13.8 Å². The predicted molar refractivity (Wildman–Crippen MR) is 116 cm³/mol. The third kappa shape index (κ3) is 4.41. The number of benzene rings is 2. The number of nitrogens with one attached hydrogen (secondary N) is 2. The molecule has 0 radical (unpaired) electrons. The Labute approximate surface area is 175 Å². The van der Waals surface area contributed by atoms with Gasteiger partial charge in [0.2, 0.25) is 5.91 Å². The van der Waals surface area contributed by atoms with Crippen molar-refractivity contribution in [1.29, 1.82) is 0 Å². The van der Waals surface area contributed by atoms with Gasteiger partial charge >= 0.3 is 0 Å². The number of amides is 3. The number of aryl methyl sites for hydroxylation is 2. The zero-order valence-corrected chi connectivity index (χ0v) is 17.5. The maximum Gasteiger partial charge on any atom is 0.278 e. The Kier molecular flexibility index (Phi) is 6.32. The fourth-order valence-electron chi connectivity index (χ4n) is 3.36. The number of ether oxygens (including phenoxy) is 1. The van der Waals surface area contributed by atoms with Gasteiger partial charge in [0.25, 0.3) is 11.8 Å². The van der Waals surface area contributed by atoms with Gasteiger partial charge in [0.05, 0.1) is 18.7 Å². The molecule has 0 bridgehead atoms. The number of nitrogens with zero attached hydrogens (tertiary/aromatic N) is 1. The quantitative estimate of drug-likeness (QED) is 0.689. The Bertz CT molecular complexity index is 1030. The van der Waals surface area contributed by atoms with E-state index in [1.54, 1.807) is 24.3 Å². The molecule has 0 fully saturated rings. The lowest BCUT2D eigenvalue weighted by molar-refractivity contribution is -0.137. The summed E-state index contributed by atoms with van der Waals surface area (Å²) < 4.78 is 5.05. The van der Waals surface area contributed by atoms with Crippen molar-refractivity contribution in [2.24, 2.45) is 0 Å². The zero-order chi connectivity index (χ0) is 21.8. The molecule has 0 saturated heterocycles. The summed E-state index contributed by atoms with van der Waals surface area (Å²) in [7, 11) is 1.52. The lowest BCUT2D eigenvalue weighted by Crippen LogP contribution is -2.35. The molecule has 0 unspecified atom stereocenters. The van der Waals surface area contributed by atoms with E-state index in [0.29, 0.717) is 16.8 Å². The summed E-state index contributed by atoms with van der Waals surface area (Å²) >= 11 is 0. The molecule has 0 saturated carbocycles. The van der Waals surface area contributed by atoms with Crippen LogP contribution >= 0.6 is 0 Å². The third-order valence-electron chi connectivity index (χ3n) is 4.82. The van der Waals surface area contributed by atoms with E-state index < -0.39 is 5.91 Å². The number of hydrogen-bond donors (Lipinski definition) is 2. The van der Waals surface area contributed by atoms with Crippen LogP contribution in [0.1, 0.15) is 23.6 Å². The molecular weight excluding hydrogens is 382 g/mol. The molecule has 30 heavy (non-hydrogen) atoms. The number of imide groups is 1. The molecule has 7 heteroatoms. The second-order valence-corrected chi connectivity index (χ2v) is 7.21. The number of methoxy groups -OCH3 is 1. The van der Waals surface area contributed by atoms with Crippen LogP contribution < -0.4 is 10.6 Å². The normalized spacial score (nSPS) is 13.8. The van der Waals surface area contributed by atoms with E-state index >= 15 is 0 Å². The molecule has 2 aromatic rings. The highest BCUT2D eigenvalue weighted by Crippen LogP contribution is 2.32. The second kappa shape index (κ2) is 8.92. The number of anilines is 2. The van der Waals surface area contributed by atoms with Gasteiger partial charge in [-0.1, -0.05) is 29.8 Å². The summed E-state index contributed by atoms with van der Waals surface area (Å²) in [5.74, 6) is -0.952. The first-order chi connectivity index (χ1) is 14.3. The Morgan fingerprint density at radius 1 is 1.03 bits per heavy atom. The van der Waals surface area contributed by atoms with Crippen LogP contribution in [-0.2, 0) is 19.1 Å². The molecule has 0 atom stereocenters. The summed E-state index contributed by atoms with van der Waals surface area (Å²) in [6.07, 6.45) is 0. The molecular formula is C23H25N3O4. The standard InChI is InChI=1S/C23H25N3O4/c1-14-5-10-19(15(2)13-14)25-21-20(22(28)26(23(21)29)11-12-30-4)17-6-8-18(9-7-17)24-16(3)27/h5-10,13,25H,11-12H2,1-4H3,(H,24,27). The average molecular weight is 407 g/mol. The van der Waals surface area contributed by atoms with Crippen LogP contribution in [0.15, 0.2) is 48.2 Å². The number of rotatable bonds is 7. The van der Waals surface area contributed by atoms with Gasteiger partial charge in [-0.05, 0) is 43.2 Å². The highest BCUT2D eigenvalue weighted by Gasteiger charge is 2.39. The molecule has 3 rings (SSSR count).